The molecule has 0 unspecified atom stereocenters. The lowest BCUT2D eigenvalue weighted by molar-refractivity contribution is 0.110. The summed E-state index contributed by atoms with van der Waals surface area (Å²) in [6, 6.07) is -0.250. The van der Waals surface area contributed by atoms with Crippen molar-refractivity contribution >= 4 is 6.09 Å². The normalized spacial score (nSPS) is 23.8. The van der Waals surface area contributed by atoms with Gasteiger partial charge in [0, 0.05) is 17.4 Å². The van der Waals surface area contributed by atoms with E-state index in [2.05, 4.69) is 15.3 Å². The predicted octanol–water partition coefficient (Wildman–Crippen LogP) is 1.57. The fourth-order valence-corrected chi connectivity index (χ4v) is 1.35. The number of cyclic esters (lactones) is 1. The predicted molar refractivity (Wildman–Crippen MR) is 46.1 cm³/mol. The van der Waals surface area contributed by atoms with E-state index in [0.29, 0.717) is 13.0 Å². The third kappa shape index (κ3) is 2.52. The first kappa shape index (κ1) is 9.67. The number of alkyl carbamates (subject to hydrolysis) is 1. The maximum atomic E-state index is 10.8. The van der Waals surface area contributed by atoms with E-state index in [1.165, 1.54) is 0 Å². The Morgan fingerprint density at radius 2 is 2.69 bits per heavy atom. The zero-order valence-electron chi connectivity index (χ0n) is 7.43. The van der Waals surface area contributed by atoms with Crippen molar-refractivity contribution in [2.24, 2.45) is 5.11 Å². The van der Waals surface area contributed by atoms with Crippen molar-refractivity contribution < 1.29 is 9.53 Å². The maximum Gasteiger partial charge on any atom is 0.407 e. The van der Waals surface area contributed by atoms with Crippen LogP contribution in [-0.2, 0) is 4.74 Å². The molecule has 72 valence electrons. The third-order valence-electron chi connectivity index (χ3n) is 2.05. The molecule has 0 spiro atoms. The van der Waals surface area contributed by atoms with Crippen LogP contribution in [0.4, 0.5) is 4.79 Å². The Morgan fingerprint density at radius 3 is 3.23 bits per heavy atom. The minimum atomic E-state index is -0.428. The van der Waals surface area contributed by atoms with Crippen molar-refractivity contribution in [3.8, 4) is 0 Å². The van der Waals surface area contributed by atoms with Crippen LogP contribution >= 0.6 is 0 Å². The first-order valence-corrected chi connectivity index (χ1v) is 4.25. The highest BCUT2D eigenvalue weighted by Crippen LogP contribution is 2.11. The van der Waals surface area contributed by atoms with Gasteiger partial charge in [-0.05, 0) is 12.0 Å². The van der Waals surface area contributed by atoms with E-state index in [0.717, 1.165) is 6.42 Å². The molecule has 1 fully saturated rings. The summed E-state index contributed by atoms with van der Waals surface area (Å²) in [6.45, 7) is 2.31. The van der Waals surface area contributed by atoms with Gasteiger partial charge in [-0.3, -0.25) is 0 Å². The van der Waals surface area contributed by atoms with Gasteiger partial charge in [-0.15, -0.1) is 0 Å². The molecule has 1 rings (SSSR count). The van der Waals surface area contributed by atoms with E-state index >= 15 is 0 Å². The van der Waals surface area contributed by atoms with E-state index in [1.807, 2.05) is 6.92 Å². The molecular weight excluding hydrogens is 172 g/mol. The van der Waals surface area contributed by atoms with Crippen molar-refractivity contribution in [3.05, 3.63) is 10.4 Å². The molecule has 1 aliphatic rings. The Balaban J connectivity index is 2.56. The number of hydrogen-bond donors (Lipinski definition) is 1. The van der Waals surface area contributed by atoms with Crippen molar-refractivity contribution in [1.82, 2.24) is 5.32 Å². The Kier molecular flexibility index (Phi) is 3.40. The minimum Gasteiger partial charge on any atom is -0.449 e. The second-order valence-corrected chi connectivity index (χ2v) is 2.86. The van der Waals surface area contributed by atoms with E-state index in [-0.39, 0.29) is 12.1 Å². The van der Waals surface area contributed by atoms with Gasteiger partial charge < -0.3 is 10.1 Å². The number of nitrogens with one attached hydrogen (secondary N) is 1. The summed E-state index contributed by atoms with van der Waals surface area (Å²) in [5, 5.41) is 6.24. The van der Waals surface area contributed by atoms with Gasteiger partial charge in [0.1, 0.15) is 0 Å². The lowest BCUT2D eigenvalue weighted by Crippen LogP contribution is -2.47. The van der Waals surface area contributed by atoms with Gasteiger partial charge in [0.25, 0.3) is 0 Å². The summed E-state index contributed by atoms with van der Waals surface area (Å²) in [4.78, 5) is 13.6. The molecule has 0 aromatic heterocycles. The summed E-state index contributed by atoms with van der Waals surface area (Å²) in [7, 11) is 0. The average Bonchev–Trinajstić information content (AvgIpc) is 2.14. The molecule has 0 saturated carbocycles. The average molecular weight is 184 g/mol. The largest absolute Gasteiger partial charge is 0.449 e. The minimum absolute atomic E-state index is 0.0813. The van der Waals surface area contributed by atoms with E-state index in [1.54, 1.807) is 0 Å². The number of nitrogens with zero attached hydrogens (tertiary/aromatic N) is 3. The van der Waals surface area contributed by atoms with Crippen LogP contribution in [0.3, 0.4) is 0 Å². The molecule has 0 aromatic carbocycles. The molecule has 1 heterocycles. The first-order chi connectivity index (χ1) is 6.27. The van der Waals surface area contributed by atoms with Gasteiger partial charge in [-0.25, -0.2) is 4.79 Å². The molecule has 1 saturated heterocycles. The fourth-order valence-electron chi connectivity index (χ4n) is 1.35. The van der Waals surface area contributed by atoms with Gasteiger partial charge in [0.2, 0.25) is 0 Å². The van der Waals surface area contributed by atoms with Crippen LogP contribution in [0.1, 0.15) is 19.8 Å². The number of rotatable bonds is 3. The summed E-state index contributed by atoms with van der Waals surface area (Å²) < 4.78 is 4.70. The molecule has 1 aliphatic heterocycles. The SMILES string of the molecule is CC[C@H](N=[N+]=[N-])[C@H]1CCOC(=O)N1. The van der Waals surface area contributed by atoms with Crippen molar-refractivity contribution in [3.63, 3.8) is 0 Å². The topological polar surface area (TPSA) is 87.1 Å². The highest BCUT2D eigenvalue weighted by Gasteiger charge is 2.25. The monoisotopic (exact) mass is 184 g/mol. The van der Waals surface area contributed by atoms with Crippen LogP contribution in [0, 0.1) is 0 Å². The standard InChI is InChI=1S/C7H12N4O2/c1-2-5(10-11-8)6-3-4-13-7(12)9-6/h5-6H,2-4H2,1H3,(H,9,12)/t5-,6+/m0/s1. The van der Waals surface area contributed by atoms with Gasteiger partial charge >= 0.3 is 6.09 Å². The molecular formula is C7H12N4O2. The molecule has 13 heavy (non-hydrogen) atoms. The summed E-state index contributed by atoms with van der Waals surface area (Å²) in [5.74, 6) is 0. The maximum absolute atomic E-state index is 10.8. The summed E-state index contributed by atoms with van der Waals surface area (Å²) >= 11 is 0. The van der Waals surface area contributed by atoms with E-state index in [4.69, 9.17) is 10.3 Å². The van der Waals surface area contributed by atoms with Gasteiger partial charge in [-0.1, -0.05) is 12.0 Å². The van der Waals surface area contributed by atoms with Crippen molar-refractivity contribution in [2.45, 2.75) is 31.8 Å². The molecule has 0 aliphatic carbocycles. The fraction of sp³-hybridized carbons (Fsp3) is 0.857. The van der Waals surface area contributed by atoms with Crippen molar-refractivity contribution in [1.29, 1.82) is 0 Å². The third-order valence-corrected chi connectivity index (χ3v) is 2.05. The van der Waals surface area contributed by atoms with Crippen LogP contribution < -0.4 is 5.32 Å². The molecule has 6 nitrogen and oxygen atoms in total. The van der Waals surface area contributed by atoms with Crippen LogP contribution in [0.5, 0.6) is 0 Å². The van der Waals surface area contributed by atoms with Crippen LogP contribution in [0.15, 0.2) is 5.11 Å². The molecule has 2 atom stereocenters. The number of ether oxygens (including phenoxy) is 1. The molecule has 0 bridgehead atoms. The van der Waals surface area contributed by atoms with Gasteiger partial charge in [0.05, 0.1) is 12.6 Å². The molecule has 0 radical (unpaired) electrons. The molecule has 0 aromatic rings. The lowest BCUT2D eigenvalue weighted by Gasteiger charge is -2.27. The molecule has 6 heteroatoms. The number of amides is 1. The molecule has 1 amide bonds. The quantitative estimate of drug-likeness (QED) is 0.410. The smallest absolute Gasteiger partial charge is 0.407 e. The number of hydrogen-bond acceptors (Lipinski definition) is 3. The lowest BCUT2D eigenvalue weighted by atomic mass is 10.0. The van der Waals surface area contributed by atoms with Crippen LogP contribution in [-0.4, -0.2) is 24.8 Å². The van der Waals surface area contributed by atoms with Crippen LogP contribution in [0.25, 0.3) is 10.4 Å². The number of carbonyl (C=O) groups is 1. The van der Waals surface area contributed by atoms with Gasteiger partial charge in [0.15, 0.2) is 0 Å². The molecule has 1 N–H and O–H groups in total. The Labute approximate surface area is 75.9 Å². The summed E-state index contributed by atoms with van der Waals surface area (Å²) in [5.41, 5.74) is 8.28. The Bertz CT molecular complexity index is 237. The Morgan fingerprint density at radius 1 is 1.92 bits per heavy atom. The highest BCUT2D eigenvalue weighted by molar-refractivity contribution is 5.68. The second kappa shape index (κ2) is 4.57. The van der Waals surface area contributed by atoms with Crippen LogP contribution in [0.2, 0.25) is 0 Å². The first-order valence-electron chi connectivity index (χ1n) is 4.25. The zero-order valence-corrected chi connectivity index (χ0v) is 7.43. The highest BCUT2D eigenvalue weighted by atomic mass is 16.5. The second-order valence-electron chi connectivity index (χ2n) is 2.86. The summed E-state index contributed by atoms with van der Waals surface area (Å²) in [6.07, 6.45) is 0.987. The van der Waals surface area contributed by atoms with E-state index < -0.39 is 6.09 Å². The number of carbonyl (C=O) groups excluding carboxylic acids is 1. The Hall–Kier alpha value is -1.42. The van der Waals surface area contributed by atoms with E-state index in [9.17, 15) is 4.79 Å². The van der Waals surface area contributed by atoms with Gasteiger partial charge in [-0.2, -0.15) is 0 Å². The zero-order chi connectivity index (χ0) is 9.68. The van der Waals surface area contributed by atoms with Crippen molar-refractivity contribution in [2.75, 3.05) is 6.61 Å². The number of azide groups is 1.